The average Bonchev–Trinajstić information content (AvgIpc) is 3.16. The van der Waals surface area contributed by atoms with E-state index in [-0.39, 0.29) is 12.8 Å². The maximum atomic E-state index is 11.3. The summed E-state index contributed by atoms with van der Waals surface area (Å²) in [6, 6.07) is 15.5. The Bertz CT molecular complexity index is 1140. The van der Waals surface area contributed by atoms with Crippen LogP contribution in [-0.2, 0) is 30.3 Å². The van der Waals surface area contributed by atoms with Crippen molar-refractivity contribution in [1.82, 2.24) is 0 Å². The Balaban J connectivity index is 0.000000968. The predicted octanol–water partition coefficient (Wildman–Crippen LogP) is 5.53. The summed E-state index contributed by atoms with van der Waals surface area (Å²) in [7, 11) is -3.39. The molecule has 0 aromatic heterocycles. The van der Waals surface area contributed by atoms with Crippen molar-refractivity contribution < 1.29 is 22.2 Å². The molecule has 4 rings (SSSR count). The van der Waals surface area contributed by atoms with Gasteiger partial charge in [-0.1, -0.05) is 61.2 Å². The van der Waals surface area contributed by atoms with E-state index < -0.39 is 10.1 Å². The second-order valence-corrected chi connectivity index (χ2v) is 11.3. The van der Waals surface area contributed by atoms with Crippen molar-refractivity contribution >= 4 is 39.2 Å². The molecule has 0 saturated heterocycles. The Labute approximate surface area is 200 Å². The molecule has 33 heavy (non-hydrogen) atoms. The lowest BCUT2D eigenvalue weighted by Gasteiger charge is -2.26. The summed E-state index contributed by atoms with van der Waals surface area (Å²) in [6.45, 7) is 2.37. The SMILES string of the molecule is Cc1ccc2c(c1)CC(c1ccccc1SCCOS(C)(=O)=O)=C2C1CCCCC1.O=C=O. The van der Waals surface area contributed by atoms with Gasteiger partial charge in [-0.3, -0.25) is 4.18 Å². The van der Waals surface area contributed by atoms with Gasteiger partial charge in [-0.15, -0.1) is 11.8 Å². The summed E-state index contributed by atoms with van der Waals surface area (Å²) in [5.41, 5.74) is 8.54. The monoisotopic (exact) mass is 486 g/mol. The van der Waals surface area contributed by atoms with E-state index in [0.29, 0.717) is 11.7 Å². The van der Waals surface area contributed by atoms with Gasteiger partial charge in [-0.05, 0) is 66.0 Å². The van der Waals surface area contributed by atoms with Gasteiger partial charge in [-0.25, -0.2) is 0 Å². The molecule has 176 valence electrons. The van der Waals surface area contributed by atoms with E-state index >= 15 is 0 Å². The summed E-state index contributed by atoms with van der Waals surface area (Å²) < 4.78 is 27.4. The Morgan fingerprint density at radius 2 is 1.73 bits per heavy atom. The molecule has 0 amide bonds. The molecule has 0 spiro atoms. The van der Waals surface area contributed by atoms with Crippen LogP contribution in [0.3, 0.4) is 0 Å². The van der Waals surface area contributed by atoms with Crippen LogP contribution in [0.25, 0.3) is 11.1 Å². The van der Waals surface area contributed by atoms with Crippen LogP contribution in [0, 0.1) is 12.8 Å². The van der Waals surface area contributed by atoms with Crippen molar-refractivity contribution in [2.45, 2.75) is 50.3 Å². The molecule has 7 heteroatoms. The molecule has 0 bridgehead atoms. The highest BCUT2D eigenvalue weighted by atomic mass is 32.2. The van der Waals surface area contributed by atoms with E-state index in [4.69, 9.17) is 13.8 Å². The van der Waals surface area contributed by atoms with Crippen molar-refractivity contribution in [3.05, 3.63) is 64.7 Å². The van der Waals surface area contributed by atoms with Crippen LogP contribution in [0.15, 0.2) is 47.4 Å². The zero-order valence-corrected chi connectivity index (χ0v) is 20.8. The number of rotatable bonds is 7. The predicted molar refractivity (Wildman–Crippen MR) is 131 cm³/mol. The third-order valence-electron chi connectivity index (χ3n) is 6.11. The lowest BCUT2D eigenvalue weighted by Crippen LogP contribution is -2.09. The summed E-state index contributed by atoms with van der Waals surface area (Å²) in [5.74, 6) is 1.26. The van der Waals surface area contributed by atoms with E-state index in [2.05, 4.69) is 49.4 Å². The fourth-order valence-corrected chi connectivity index (χ4v) is 6.26. The van der Waals surface area contributed by atoms with E-state index in [9.17, 15) is 8.42 Å². The molecule has 5 nitrogen and oxygen atoms in total. The number of hydrogen-bond donors (Lipinski definition) is 0. The number of hydrogen-bond acceptors (Lipinski definition) is 6. The Hall–Kier alpha value is -2.18. The van der Waals surface area contributed by atoms with Crippen molar-refractivity contribution in [3.63, 3.8) is 0 Å². The smallest absolute Gasteiger partial charge is 0.269 e. The van der Waals surface area contributed by atoms with Crippen LogP contribution in [0.1, 0.15) is 54.4 Å². The Morgan fingerprint density at radius 3 is 2.42 bits per heavy atom. The van der Waals surface area contributed by atoms with Crippen LogP contribution >= 0.6 is 11.8 Å². The third-order valence-corrected chi connectivity index (χ3v) is 7.74. The first-order chi connectivity index (χ1) is 15.8. The second-order valence-electron chi connectivity index (χ2n) is 8.52. The van der Waals surface area contributed by atoms with Gasteiger partial charge in [0.1, 0.15) is 0 Å². The molecule has 0 radical (unpaired) electrons. The standard InChI is InChI=1S/C25H30O3S2.CO2/c1-18-12-13-21-20(16-18)17-23(25(21)19-8-4-3-5-9-19)22-10-6-7-11-24(22)29-15-14-28-30(2,26)27;2-1-3/h6-7,10-13,16,19H,3-5,8-9,14-15,17H2,1-2H3;. The van der Waals surface area contributed by atoms with Gasteiger partial charge >= 0.3 is 6.15 Å². The molecular formula is C26H30O5S2. The molecule has 0 unspecified atom stereocenters. The highest BCUT2D eigenvalue weighted by Crippen LogP contribution is 2.48. The summed E-state index contributed by atoms with van der Waals surface area (Å²) in [4.78, 5) is 17.5. The summed E-state index contributed by atoms with van der Waals surface area (Å²) in [5, 5.41) is 0. The van der Waals surface area contributed by atoms with Gasteiger partial charge in [0.05, 0.1) is 12.9 Å². The summed E-state index contributed by atoms with van der Waals surface area (Å²) >= 11 is 1.68. The first kappa shape index (κ1) is 25.4. The minimum atomic E-state index is -3.39. The van der Waals surface area contributed by atoms with Crippen LogP contribution in [0.2, 0.25) is 0 Å². The van der Waals surface area contributed by atoms with Crippen molar-refractivity contribution in [3.8, 4) is 0 Å². The van der Waals surface area contributed by atoms with Crippen LogP contribution in [-0.4, -0.2) is 33.2 Å². The maximum absolute atomic E-state index is 11.3. The highest BCUT2D eigenvalue weighted by molar-refractivity contribution is 7.99. The normalized spacial score (nSPS) is 16.1. The molecule has 0 aliphatic heterocycles. The second kappa shape index (κ2) is 11.8. The lowest BCUT2D eigenvalue weighted by molar-refractivity contribution is -0.191. The minimum absolute atomic E-state index is 0.200. The fraction of sp³-hybridized carbons (Fsp3) is 0.423. The molecule has 2 aromatic carbocycles. The van der Waals surface area contributed by atoms with E-state index in [0.717, 1.165) is 12.7 Å². The van der Waals surface area contributed by atoms with Crippen LogP contribution in [0.5, 0.6) is 0 Å². The van der Waals surface area contributed by atoms with Gasteiger partial charge < -0.3 is 0 Å². The Morgan fingerprint density at radius 1 is 1.03 bits per heavy atom. The van der Waals surface area contributed by atoms with E-state index in [1.807, 2.05) is 0 Å². The molecule has 2 aromatic rings. The summed E-state index contributed by atoms with van der Waals surface area (Å²) in [6.07, 6.45) is 8.90. The molecule has 1 fully saturated rings. The lowest BCUT2D eigenvalue weighted by atomic mass is 9.79. The maximum Gasteiger partial charge on any atom is 0.373 e. The average molecular weight is 487 g/mol. The van der Waals surface area contributed by atoms with E-state index in [1.54, 1.807) is 17.3 Å². The molecule has 2 aliphatic carbocycles. The fourth-order valence-electron chi connectivity index (χ4n) is 4.86. The number of carbonyl (C=O) groups excluding carboxylic acids is 2. The number of aryl methyl sites for hydroxylation is 1. The largest absolute Gasteiger partial charge is 0.373 e. The number of fused-ring (bicyclic) bond motifs is 1. The number of allylic oxidation sites excluding steroid dienone is 2. The quantitative estimate of drug-likeness (QED) is 0.291. The van der Waals surface area contributed by atoms with Crippen molar-refractivity contribution in [2.24, 2.45) is 5.92 Å². The van der Waals surface area contributed by atoms with Gasteiger partial charge in [-0.2, -0.15) is 18.0 Å². The topological polar surface area (TPSA) is 77.5 Å². The van der Waals surface area contributed by atoms with Gasteiger partial charge in [0, 0.05) is 10.6 Å². The minimum Gasteiger partial charge on any atom is -0.269 e. The number of benzene rings is 2. The molecule has 2 aliphatic rings. The first-order valence-electron chi connectivity index (χ1n) is 11.2. The Kier molecular flexibility index (Phi) is 9.10. The molecular weight excluding hydrogens is 456 g/mol. The molecule has 0 heterocycles. The highest BCUT2D eigenvalue weighted by Gasteiger charge is 2.30. The van der Waals surface area contributed by atoms with Gasteiger partial charge in [0.2, 0.25) is 0 Å². The molecule has 1 saturated carbocycles. The third kappa shape index (κ3) is 6.90. The van der Waals surface area contributed by atoms with E-state index in [1.165, 1.54) is 64.8 Å². The van der Waals surface area contributed by atoms with Crippen LogP contribution < -0.4 is 0 Å². The van der Waals surface area contributed by atoms with Gasteiger partial charge in [0.15, 0.2) is 0 Å². The first-order valence-corrected chi connectivity index (χ1v) is 14.0. The zero-order chi connectivity index (χ0) is 23.8. The molecule has 0 N–H and O–H groups in total. The van der Waals surface area contributed by atoms with Gasteiger partial charge in [0.25, 0.3) is 10.1 Å². The van der Waals surface area contributed by atoms with Crippen molar-refractivity contribution in [1.29, 1.82) is 0 Å². The zero-order valence-electron chi connectivity index (χ0n) is 19.1. The van der Waals surface area contributed by atoms with Crippen LogP contribution in [0.4, 0.5) is 0 Å². The molecule has 0 atom stereocenters. The number of thioether (sulfide) groups is 1. The van der Waals surface area contributed by atoms with Crippen molar-refractivity contribution in [2.75, 3.05) is 18.6 Å².